The molecule has 1 aliphatic carbocycles. The van der Waals surface area contributed by atoms with Crippen molar-refractivity contribution in [2.45, 2.75) is 92.1 Å². The van der Waals surface area contributed by atoms with Crippen LogP contribution in [0.3, 0.4) is 0 Å². The maximum absolute atomic E-state index is 10.9. The molecule has 1 saturated carbocycles. The molecular weight excluding hydrogens is 443 g/mol. The molecular formula is C18H35BN4O10. The van der Waals surface area contributed by atoms with E-state index in [1.165, 1.54) is 0 Å². The number of hydrogen-bond acceptors (Lipinski definition) is 14. The highest BCUT2D eigenvalue weighted by molar-refractivity contribution is 6.04. The van der Waals surface area contributed by atoms with Gasteiger partial charge in [0, 0.05) is 17.8 Å². The Morgan fingerprint density at radius 2 is 1.58 bits per heavy atom. The quantitative estimate of drug-likeness (QED) is 0.153. The van der Waals surface area contributed by atoms with E-state index in [9.17, 15) is 30.6 Å². The van der Waals surface area contributed by atoms with Gasteiger partial charge in [0.15, 0.2) is 20.6 Å². The van der Waals surface area contributed by atoms with Crippen molar-refractivity contribution >= 4 is 7.98 Å². The first kappa shape index (κ1) is 26.7. The second-order valence-corrected chi connectivity index (χ2v) is 8.75. The average Bonchev–Trinajstić information content (AvgIpc) is 3.06. The lowest BCUT2D eigenvalue weighted by molar-refractivity contribution is -0.310. The molecule has 15 heteroatoms. The third-order valence-electron chi connectivity index (χ3n) is 6.49. The van der Waals surface area contributed by atoms with E-state index >= 15 is 0 Å². The number of aliphatic hydroxyl groups excluding tert-OH is 6. The summed E-state index contributed by atoms with van der Waals surface area (Å²) >= 11 is 0. The van der Waals surface area contributed by atoms with E-state index in [0.717, 1.165) is 0 Å². The van der Waals surface area contributed by atoms with Gasteiger partial charge in [-0.15, -0.1) is 0 Å². The first-order chi connectivity index (χ1) is 15.5. The van der Waals surface area contributed by atoms with E-state index in [2.05, 4.69) is 11.8 Å². The van der Waals surface area contributed by atoms with Crippen molar-refractivity contribution < 1.29 is 49.6 Å². The third-order valence-corrected chi connectivity index (χ3v) is 6.49. The molecule has 3 rings (SSSR count). The van der Waals surface area contributed by atoms with E-state index < -0.39 is 92.2 Å². The first-order valence-electron chi connectivity index (χ1n) is 10.8. The molecule has 2 saturated heterocycles. The maximum Gasteiger partial charge on any atom is 0.187 e. The molecule has 2 heterocycles. The Morgan fingerprint density at radius 1 is 0.939 bits per heavy atom. The standard InChI is InChI=1S/C18H35BN4O10/c1-4(20)14-12(28)13(29)18(31-14)33-16-9(25)6(23-19)2-5(21)15(16)32-17-8(22)11(27)10(26)7(3-24)30-17/h5-18,23-29H,1-3,19-22H2. The van der Waals surface area contributed by atoms with Gasteiger partial charge in [-0.05, 0) is 6.42 Å². The van der Waals surface area contributed by atoms with Crippen LogP contribution in [0, 0.1) is 0 Å². The van der Waals surface area contributed by atoms with Crippen molar-refractivity contribution in [2.24, 2.45) is 17.2 Å². The molecule has 33 heavy (non-hydrogen) atoms. The van der Waals surface area contributed by atoms with Crippen LogP contribution in [-0.4, -0.2) is 131 Å². The lowest BCUT2D eigenvalue weighted by Gasteiger charge is -2.47. The molecule has 14 atom stereocenters. The predicted molar refractivity (Wildman–Crippen MR) is 114 cm³/mol. The van der Waals surface area contributed by atoms with Crippen molar-refractivity contribution in [3.63, 3.8) is 0 Å². The lowest BCUT2D eigenvalue weighted by atomic mass is 9.83. The molecule has 190 valence electrons. The smallest absolute Gasteiger partial charge is 0.187 e. The maximum atomic E-state index is 10.9. The summed E-state index contributed by atoms with van der Waals surface area (Å²) in [4.78, 5) is 0. The molecule has 0 aromatic rings. The first-order valence-corrected chi connectivity index (χ1v) is 10.8. The molecule has 3 aliphatic rings. The zero-order valence-electron chi connectivity index (χ0n) is 18.3. The predicted octanol–water partition coefficient (Wildman–Crippen LogP) is -6.96. The molecule has 14 nitrogen and oxygen atoms in total. The van der Waals surface area contributed by atoms with Gasteiger partial charge in [0.1, 0.15) is 48.8 Å². The third kappa shape index (κ3) is 5.20. The summed E-state index contributed by atoms with van der Waals surface area (Å²) in [6.45, 7) is 2.91. The van der Waals surface area contributed by atoms with Crippen LogP contribution >= 0.6 is 0 Å². The van der Waals surface area contributed by atoms with E-state index in [1.54, 1.807) is 7.98 Å². The molecule has 2 aliphatic heterocycles. The summed E-state index contributed by atoms with van der Waals surface area (Å²) in [5.41, 5.74) is 17.9. The van der Waals surface area contributed by atoms with Crippen LogP contribution < -0.4 is 22.4 Å². The van der Waals surface area contributed by atoms with Crippen molar-refractivity contribution in [3.05, 3.63) is 12.3 Å². The topological polar surface area (TPSA) is 248 Å². The van der Waals surface area contributed by atoms with Crippen LogP contribution in [0.15, 0.2) is 12.3 Å². The molecule has 3 fully saturated rings. The molecule has 0 aromatic carbocycles. The fraction of sp³-hybridized carbons (Fsp3) is 0.889. The van der Waals surface area contributed by atoms with Gasteiger partial charge in [0.25, 0.3) is 0 Å². The minimum Gasteiger partial charge on any atom is -0.400 e. The van der Waals surface area contributed by atoms with Gasteiger partial charge in [-0.1, -0.05) is 6.58 Å². The van der Waals surface area contributed by atoms with Crippen molar-refractivity contribution in [2.75, 3.05) is 6.61 Å². The molecule has 0 amide bonds. The molecule has 14 unspecified atom stereocenters. The van der Waals surface area contributed by atoms with Gasteiger partial charge in [-0.2, -0.15) is 0 Å². The summed E-state index contributed by atoms with van der Waals surface area (Å²) in [7, 11) is 1.63. The van der Waals surface area contributed by atoms with Gasteiger partial charge in [0.05, 0.1) is 18.8 Å². The Labute approximate surface area is 191 Å². The van der Waals surface area contributed by atoms with Crippen LogP contribution in [-0.2, 0) is 18.9 Å². The zero-order chi connectivity index (χ0) is 24.6. The zero-order valence-corrected chi connectivity index (χ0v) is 18.3. The van der Waals surface area contributed by atoms with Gasteiger partial charge >= 0.3 is 0 Å². The summed E-state index contributed by atoms with van der Waals surface area (Å²) in [5, 5.41) is 64.1. The normalized spacial score (nSPS) is 50.9. The van der Waals surface area contributed by atoms with Gasteiger partial charge in [-0.3, -0.25) is 0 Å². The van der Waals surface area contributed by atoms with Crippen molar-refractivity contribution in [1.82, 2.24) is 5.23 Å². The Hall–Kier alpha value is -0.915. The van der Waals surface area contributed by atoms with Crippen LogP contribution in [0.5, 0.6) is 0 Å². The highest BCUT2D eigenvalue weighted by atomic mass is 16.7. The Morgan fingerprint density at radius 3 is 2.12 bits per heavy atom. The number of nitrogens with two attached hydrogens (primary N) is 3. The Bertz CT molecular complexity index is 680. The number of hydrogen-bond donors (Lipinski definition) is 10. The van der Waals surface area contributed by atoms with Crippen molar-refractivity contribution in [3.8, 4) is 0 Å². The minimum absolute atomic E-state index is 0.0152. The average molecular weight is 478 g/mol. The number of rotatable bonds is 7. The fourth-order valence-corrected chi connectivity index (χ4v) is 4.46. The summed E-state index contributed by atoms with van der Waals surface area (Å²) in [6.07, 6.45) is -13.9. The van der Waals surface area contributed by atoms with E-state index in [-0.39, 0.29) is 12.1 Å². The van der Waals surface area contributed by atoms with Crippen molar-refractivity contribution in [1.29, 1.82) is 0 Å². The highest BCUT2D eigenvalue weighted by Crippen LogP contribution is 2.33. The minimum atomic E-state index is -1.50. The fourth-order valence-electron chi connectivity index (χ4n) is 4.46. The van der Waals surface area contributed by atoms with Gasteiger partial charge in [-0.25, -0.2) is 0 Å². The van der Waals surface area contributed by atoms with E-state index in [0.29, 0.717) is 0 Å². The molecule has 0 radical (unpaired) electrons. The summed E-state index contributed by atoms with van der Waals surface area (Å²) < 4.78 is 22.8. The molecule has 0 spiro atoms. The largest absolute Gasteiger partial charge is 0.400 e. The SMILES string of the molecule is BNC1CC(N)C(OC2OC(CO)C(O)C(O)C2N)C(OC2OC(C(=C)N)C(O)C2O)C1O. The van der Waals surface area contributed by atoms with Crippen LogP contribution in [0.25, 0.3) is 0 Å². The molecule has 0 aromatic heterocycles. The second kappa shape index (κ2) is 10.8. The monoisotopic (exact) mass is 478 g/mol. The van der Waals surface area contributed by atoms with Gasteiger partial charge < -0.3 is 72.0 Å². The van der Waals surface area contributed by atoms with Crippen LogP contribution in [0.2, 0.25) is 0 Å². The van der Waals surface area contributed by atoms with Crippen LogP contribution in [0.4, 0.5) is 0 Å². The summed E-state index contributed by atoms with van der Waals surface area (Å²) in [6, 6.07) is -2.44. The number of aliphatic hydroxyl groups is 6. The highest BCUT2D eigenvalue weighted by Gasteiger charge is 2.52. The van der Waals surface area contributed by atoms with E-state index in [4.69, 9.17) is 36.1 Å². The van der Waals surface area contributed by atoms with Crippen LogP contribution in [0.1, 0.15) is 6.42 Å². The molecule has 0 bridgehead atoms. The number of nitrogens with one attached hydrogen (secondary N) is 1. The lowest BCUT2D eigenvalue weighted by Crippen LogP contribution is -2.68. The second-order valence-electron chi connectivity index (χ2n) is 8.75. The number of ether oxygens (including phenoxy) is 4. The van der Waals surface area contributed by atoms with Gasteiger partial charge in [0.2, 0.25) is 0 Å². The molecule has 13 N–H and O–H groups in total. The Balaban J connectivity index is 1.81. The van der Waals surface area contributed by atoms with E-state index in [1.807, 2.05) is 0 Å². The Kier molecular flexibility index (Phi) is 8.72. The summed E-state index contributed by atoms with van der Waals surface area (Å²) in [5.74, 6) is 0.